The standard InChI is InChI=1S/C15H17N3O2/c16-18-13-8-6-12(7-9-13)15(19)17-10-11-20-14-4-2-1-3-5-14/h1-9,18H,10-11,16H2,(H,17,19). The maximum absolute atomic E-state index is 11.8. The summed E-state index contributed by atoms with van der Waals surface area (Å²) in [6.07, 6.45) is 0. The van der Waals surface area contributed by atoms with Crippen molar-refractivity contribution >= 4 is 11.6 Å². The van der Waals surface area contributed by atoms with E-state index >= 15 is 0 Å². The Bertz CT molecular complexity index is 541. The maximum atomic E-state index is 11.8. The highest BCUT2D eigenvalue weighted by Gasteiger charge is 2.04. The van der Waals surface area contributed by atoms with Gasteiger partial charge in [-0.15, -0.1) is 0 Å². The molecule has 0 saturated carbocycles. The molecule has 1 amide bonds. The van der Waals surface area contributed by atoms with E-state index in [0.29, 0.717) is 18.7 Å². The highest BCUT2D eigenvalue weighted by Crippen LogP contribution is 2.08. The molecule has 2 aromatic carbocycles. The smallest absolute Gasteiger partial charge is 0.251 e. The van der Waals surface area contributed by atoms with E-state index in [-0.39, 0.29) is 5.91 Å². The molecule has 0 unspecified atom stereocenters. The third-order valence-electron chi connectivity index (χ3n) is 2.71. The number of carbonyl (C=O) groups excluding carboxylic acids is 1. The van der Waals surface area contributed by atoms with Gasteiger partial charge in [-0.1, -0.05) is 18.2 Å². The zero-order valence-electron chi connectivity index (χ0n) is 11.0. The summed E-state index contributed by atoms with van der Waals surface area (Å²) >= 11 is 0. The number of nitrogens with two attached hydrogens (primary N) is 1. The minimum Gasteiger partial charge on any atom is -0.492 e. The molecule has 5 nitrogen and oxygen atoms in total. The van der Waals surface area contributed by atoms with Crippen molar-refractivity contribution in [2.75, 3.05) is 18.6 Å². The van der Waals surface area contributed by atoms with Gasteiger partial charge < -0.3 is 15.5 Å². The second-order valence-corrected chi connectivity index (χ2v) is 4.14. The fourth-order valence-electron chi connectivity index (χ4n) is 1.67. The normalized spacial score (nSPS) is 9.85. The molecule has 0 bridgehead atoms. The molecule has 0 spiro atoms. The maximum Gasteiger partial charge on any atom is 0.251 e. The van der Waals surface area contributed by atoms with Crippen LogP contribution in [-0.2, 0) is 0 Å². The first kappa shape index (κ1) is 13.9. The zero-order chi connectivity index (χ0) is 14.2. The summed E-state index contributed by atoms with van der Waals surface area (Å²) in [5, 5.41) is 2.79. The molecule has 0 aliphatic carbocycles. The second kappa shape index (κ2) is 7.16. The molecule has 0 radical (unpaired) electrons. The Morgan fingerprint density at radius 3 is 2.40 bits per heavy atom. The lowest BCUT2D eigenvalue weighted by Gasteiger charge is -2.08. The van der Waals surface area contributed by atoms with Gasteiger partial charge in [0.2, 0.25) is 0 Å². The quantitative estimate of drug-likeness (QED) is 0.425. The topological polar surface area (TPSA) is 76.4 Å². The van der Waals surface area contributed by atoms with Crippen molar-refractivity contribution in [3.05, 3.63) is 60.2 Å². The van der Waals surface area contributed by atoms with Crippen LogP contribution < -0.4 is 21.3 Å². The van der Waals surface area contributed by atoms with Crippen molar-refractivity contribution in [2.45, 2.75) is 0 Å². The molecule has 0 aliphatic rings. The lowest BCUT2D eigenvalue weighted by molar-refractivity contribution is 0.0947. The van der Waals surface area contributed by atoms with Crippen molar-refractivity contribution in [1.82, 2.24) is 5.32 Å². The van der Waals surface area contributed by atoms with E-state index in [1.807, 2.05) is 30.3 Å². The van der Waals surface area contributed by atoms with Crippen LogP contribution in [0, 0.1) is 0 Å². The van der Waals surface area contributed by atoms with E-state index in [9.17, 15) is 4.79 Å². The number of ether oxygens (including phenoxy) is 1. The summed E-state index contributed by atoms with van der Waals surface area (Å²) in [6, 6.07) is 16.4. The van der Waals surface area contributed by atoms with Crippen molar-refractivity contribution in [1.29, 1.82) is 0 Å². The molecule has 0 aromatic heterocycles. The Kier molecular flexibility index (Phi) is 4.97. The summed E-state index contributed by atoms with van der Waals surface area (Å²) < 4.78 is 5.49. The molecule has 0 saturated heterocycles. The first-order valence-corrected chi connectivity index (χ1v) is 6.32. The average Bonchev–Trinajstić information content (AvgIpc) is 2.52. The van der Waals surface area contributed by atoms with E-state index < -0.39 is 0 Å². The third-order valence-corrected chi connectivity index (χ3v) is 2.71. The molecule has 2 rings (SSSR count). The number of hydrazine groups is 1. The van der Waals surface area contributed by atoms with E-state index in [2.05, 4.69) is 10.7 Å². The van der Waals surface area contributed by atoms with E-state index in [0.717, 1.165) is 11.4 Å². The van der Waals surface area contributed by atoms with Crippen LogP contribution in [0.3, 0.4) is 0 Å². The van der Waals surface area contributed by atoms with Gasteiger partial charge in [-0.2, -0.15) is 0 Å². The Balaban J connectivity index is 1.74. The van der Waals surface area contributed by atoms with Crippen LogP contribution in [0.1, 0.15) is 10.4 Å². The summed E-state index contributed by atoms with van der Waals surface area (Å²) in [5.74, 6) is 5.92. The Morgan fingerprint density at radius 2 is 1.75 bits per heavy atom. The fraction of sp³-hybridized carbons (Fsp3) is 0.133. The number of hydrogen-bond acceptors (Lipinski definition) is 4. The summed E-state index contributed by atoms with van der Waals surface area (Å²) in [5.41, 5.74) is 3.86. The van der Waals surface area contributed by atoms with Gasteiger partial charge in [-0.05, 0) is 36.4 Å². The Morgan fingerprint density at radius 1 is 1.05 bits per heavy atom. The molecule has 0 atom stereocenters. The number of nitrogen functional groups attached to an aromatic ring is 1. The van der Waals surface area contributed by atoms with Crippen molar-refractivity contribution in [3.8, 4) is 5.75 Å². The van der Waals surface area contributed by atoms with Crippen LogP contribution in [-0.4, -0.2) is 19.1 Å². The summed E-state index contributed by atoms with van der Waals surface area (Å²) in [6.45, 7) is 0.878. The van der Waals surface area contributed by atoms with Gasteiger partial charge in [-0.3, -0.25) is 10.6 Å². The summed E-state index contributed by atoms with van der Waals surface area (Å²) in [7, 11) is 0. The number of nitrogens with one attached hydrogen (secondary N) is 2. The van der Waals surface area contributed by atoms with Crippen LogP contribution >= 0.6 is 0 Å². The molecule has 5 heteroatoms. The molecule has 20 heavy (non-hydrogen) atoms. The number of carbonyl (C=O) groups is 1. The first-order valence-electron chi connectivity index (χ1n) is 6.32. The van der Waals surface area contributed by atoms with Gasteiger partial charge in [0, 0.05) is 11.3 Å². The van der Waals surface area contributed by atoms with Gasteiger partial charge in [0.1, 0.15) is 12.4 Å². The first-order chi connectivity index (χ1) is 9.79. The van der Waals surface area contributed by atoms with E-state index in [1.54, 1.807) is 24.3 Å². The third kappa shape index (κ3) is 4.00. The van der Waals surface area contributed by atoms with Crippen molar-refractivity contribution < 1.29 is 9.53 Å². The van der Waals surface area contributed by atoms with Crippen LogP contribution in [0.25, 0.3) is 0 Å². The molecule has 0 heterocycles. The van der Waals surface area contributed by atoms with E-state index in [1.165, 1.54) is 0 Å². The lowest BCUT2D eigenvalue weighted by Crippen LogP contribution is -2.28. The molecular weight excluding hydrogens is 254 g/mol. The van der Waals surface area contributed by atoms with Crippen LogP contribution in [0.5, 0.6) is 5.75 Å². The fourth-order valence-corrected chi connectivity index (χ4v) is 1.67. The van der Waals surface area contributed by atoms with E-state index in [4.69, 9.17) is 10.6 Å². The van der Waals surface area contributed by atoms with Gasteiger partial charge in [0.05, 0.1) is 6.54 Å². The summed E-state index contributed by atoms with van der Waals surface area (Å²) in [4.78, 5) is 11.8. The Hall–Kier alpha value is -2.53. The predicted molar refractivity (Wildman–Crippen MR) is 78.5 cm³/mol. The Labute approximate surface area is 117 Å². The van der Waals surface area contributed by atoms with Crippen molar-refractivity contribution in [2.24, 2.45) is 5.84 Å². The van der Waals surface area contributed by atoms with Crippen LogP contribution in [0.4, 0.5) is 5.69 Å². The SMILES string of the molecule is NNc1ccc(C(=O)NCCOc2ccccc2)cc1. The molecule has 0 fully saturated rings. The molecule has 4 N–H and O–H groups in total. The van der Waals surface area contributed by atoms with Crippen LogP contribution in [0.15, 0.2) is 54.6 Å². The average molecular weight is 271 g/mol. The van der Waals surface area contributed by atoms with Gasteiger partial charge in [-0.25, -0.2) is 0 Å². The highest BCUT2D eigenvalue weighted by molar-refractivity contribution is 5.94. The van der Waals surface area contributed by atoms with Crippen molar-refractivity contribution in [3.63, 3.8) is 0 Å². The number of rotatable bonds is 6. The number of para-hydroxylation sites is 1. The monoisotopic (exact) mass is 271 g/mol. The van der Waals surface area contributed by atoms with Crippen LogP contribution in [0.2, 0.25) is 0 Å². The lowest BCUT2D eigenvalue weighted by atomic mass is 10.2. The molecular formula is C15H17N3O2. The zero-order valence-corrected chi connectivity index (χ0v) is 11.0. The predicted octanol–water partition coefficient (Wildman–Crippen LogP) is 1.78. The number of amides is 1. The number of anilines is 1. The van der Waals surface area contributed by atoms with Gasteiger partial charge in [0.25, 0.3) is 5.91 Å². The second-order valence-electron chi connectivity index (χ2n) is 4.14. The number of benzene rings is 2. The largest absolute Gasteiger partial charge is 0.492 e. The molecule has 104 valence electrons. The highest BCUT2D eigenvalue weighted by atomic mass is 16.5. The minimum atomic E-state index is -0.134. The molecule has 0 aliphatic heterocycles. The van der Waals surface area contributed by atoms with Gasteiger partial charge in [0.15, 0.2) is 0 Å². The van der Waals surface area contributed by atoms with Gasteiger partial charge >= 0.3 is 0 Å². The minimum absolute atomic E-state index is 0.134. The molecule has 2 aromatic rings. The number of hydrogen-bond donors (Lipinski definition) is 3.